The highest BCUT2D eigenvalue weighted by Gasteiger charge is 2.35. The number of halogens is 2. The number of carbonyl (C=O) groups excluding carboxylic acids is 1. The average molecular weight is 523 g/mol. The molecule has 2 atom stereocenters. The standard InChI is InChI=1S/C29H28ClFN2O4/c30-19-3-10-26-25(17-19)24-11-14-33(29(34)37-22-8-4-20(31)5-9-22)28(27(24)32-26)18-1-6-21(7-2-18)36-23-12-15-35-16-13-23/h1-2,4-10,17,19,23,28,32H,3,11-16H2/t19?,28-/m0/s1. The lowest BCUT2D eigenvalue weighted by molar-refractivity contribution is 0.0255. The maximum absolute atomic E-state index is 13.4. The predicted molar refractivity (Wildman–Crippen MR) is 139 cm³/mol. The monoisotopic (exact) mass is 522 g/mol. The summed E-state index contributed by atoms with van der Waals surface area (Å²) in [7, 11) is 0. The molecule has 1 saturated heterocycles. The quantitative estimate of drug-likeness (QED) is 0.515. The molecule has 0 bridgehead atoms. The van der Waals surface area contributed by atoms with E-state index in [4.69, 9.17) is 25.8 Å². The summed E-state index contributed by atoms with van der Waals surface area (Å²) in [6, 6.07) is 13.0. The van der Waals surface area contributed by atoms with Crippen LogP contribution in [-0.2, 0) is 11.2 Å². The van der Waals surface area contributed by atoms with Gasteiger partial charge >= 0.3 is 6.09 Å². The van der Waals surface area contributed by atoms with Crippen LogP contribution in [0.15, 0.2) is 48.5 Å². The van der Waals surface area contributed by atoms with Gasteiger partial charge in [0, 0.05) is 35.6 Å². The van der Waals surface area contributed by atoms with Crippen molar-refractivity contribution in [1.29, 1.82) is 0 Å². The minimum atomic E-state index is -0.486. The van der Waals surface area contributed by atoms with E-state index in [0.29, 0.717) is 31.9 Å². The average Bonchev–Trinajstić information content (AvgIpc) is 3.28. The summed E-state index contributed by atoms with van der Waals surface area (Å²) in [5.74, 6) is 0.712. The highest BCUT2D eigenvalue weighted by atomic mass is 35.5. The Kier molecular flexibility index (Phi) is 6.65. The van der Waals surface area contributed by atoms with Gasteiger partial charge in [-0.15, -0.1) is 11.6 Å². The van der Waals surface area contributed by atoms with Gasteiger partial charge in [0.15, 0.2) is 0 Å². The Bertz CT molecular complexity index is 1400. The maximum atomic E-state index is 13.4. The van der Waals surface area contributed by atoms with Crippen molar-refractivity contribution in [3.63, 3.8) is 0 Å². The van der Waals surface area contributed by atoms with Crippen molar-refractivity contribution in [1.82, 2.24) is 9.88 Å². The molecule has 3 heterocycles. The Balaban J connectivity index is 1.34. The number of nitrogens with one attached hydrogen (secondary N) is 1. The van der Waals surface area contributed by atoms with Crippen LogP contribution in [0, 0.1) is 5.82 Å². The Morgan fingerprint density at radius 2 is 1.78 bits per heavy atom. The number of alkyl halides is 1. The third-order valence-corrected chi connectivity index (χ3v) is 7.52. The van der Waals surface area contributed by atoms with E-state index in [1.807, 2.05) is 24.3 Å². The Morgan fingerprint density at radius 3 is 2.54 bits per heavy atom. The van der Waals surface area contributed by atoms with Crippen molar-refractivity contribution < 1.29 is 23.4 Å². The van der Waals surface area contributed by atoms with E-state index in [-0.39, 0.29) is 23.3 Å². The number of carbonyl (C=O) groups is 1. The van der Waals surface area contributed by atoms with Gasteiger partial charge in [0.25, 0.3) is 0 Å². The smallest absolute Gasteiger partial charge is 0.416 e. The lowest BCUT2D eigenvalue weighted by atomic mass is 9.92. The second kappa shape index (κ2) is 10.2. The Labute approximate surface area is 219 Å². The van der Waals surface area contributed by atoms with E-state index in [2.05, 4.69) is 17.1 Å². The fourth-order valence-electron chi connectivity index (χ4n) is 5.37. The molecule has 6 rings (SSSR count). The van der Waals surface area contributed by atoms with Gasteiger partial charge in [-0.05, 0) is 60.4 Å². The summed E-state index contributed by atoms with van der Waals surface area (Å²) in [5.41, 5.74) is 3.08. The molecule has 1 aromatic heterocycles. The Hall–Kier alpha value is -3.29. The molecule has 1 unspecified atom stereocenters. The van der Waals surface area contributed by atoms with E-state index >= 15 is 0 Å². The molecule has 0 saturated carbocycles. The molecule has 1 fully saturated rings. The van der Waals surface area contributed by atoms with Gasteiger partial charge in [-0.25, -0.2) is 9.18 Å². The molecule has 8 heteroatoms. The third-order valence-electron chi connectivity index (χ3n) is 7.21. The number of nitrogens with zero attached hydrogens (tertiary/aromatic N) is 1. The molecule has 1 amide bonds. The summed E-state index contributed by atoms with van der Waals surface area (Å²) >= 11 is 6.44. The molecule has 192 valence electrons. The fourth-order valence-corrected chi connectivity index (χ4v) is 5.58. The maximum Gasteiger partial charge on any atom is 0.416 e. The zero-order chi connectivity index (χ0) is 25.4. The number of rotatable bonds is 4. The van der Waals surface area contributed by atoms with Gasteiger partial charge in [-0.2, -0.15) is 0 Å². The lowest BCUT2D eigenvalue weighted by Gasteiger charge is -2.35. The summed E-state index contributed by atoms with van der Waals surface area (Å²) in [6.07, 6.45) is 7.06. The number of aromatic amines is 1. The molecular formula is C29H28ClFN2O4. The van der Waals surface area contributed by atoms with E-state index in [1.165, 1.54) is 29.8 Å². The molecule has 37 heavy (non-hydrogen) atoms. The first-order valence-electron chi connectivity index (χ1n) is 12.7. The molecule has 3 aromatic rings. The van der Waals surface area contributed by atoms with Crippen LogP contribution in [0.2, 0.25) is 0 Å². The fraction of sp³-hybridized carbons (Fsp3) is 0.345. The lowest BCUT2D eigenvalue weighted by Crippen LogP contribution is -2.43. The second-order valence-electron chi connectivity index (χ2n) is 9.63. The number of hydrogen-bond acceptors (Lipinski definition) is 4. The molecule has 3 aliphatic rings. The highest BCUT2D eigenvalue weighted by Crippen LogP contribution is 2.34. The zero-order valence-electron chi connectivity index (χ0n) is 20.3. The topological polar surface area (TPSA) is 63.8 Å². The summed E-state index contributed by atoms with van der Waals surface area (Å²) < 4.78 is 30.6. The van der Waals surface area contributed by atoms with Crippen LogP contribution in [0.1, 0.15) is 42.1 Å². The van der Waals surface area contributed by atoms with Crippen LogP contribution in [0.25, 0.3) is 12.2 Å². The number of ether oxygens (including phenoxy) is 3. The first-order valence-corrected chi connectivity index (χ1v) is 13.1. The zero-order valence-corrected chi connectivity index (χ0v) is 21.0. The van der Waals surface area contributed by atoms with Crippen LogP contribution in [0.5, 0.6) is 11.5 Å². The van der Waals surface area contributed by atoms with E-state index in [9.17, 15) is 9.18 Å². The third kappa shape index (κ3) is 4.98. The van der Waals surface area contributed by atoms with Gasteiger partial charge in [0.2, 0.25) is 0 Å². The summed E-state index contributed by atoms with van der Waals surface area (Å²) in [5, 5.41) is 2.12. The molecule has 6 nitrogen and oxygen atoms in total. The number of benzene rings is 2. The molecule has 2 aromatic carbocycles. The van der Waals surface area contributed by atoms with Crippen LogP contribution in [-0.4, -0.2) is 47.2 Å². The number of fused-ring (bicyclic) bond motifs is 3. The minimum Gasteiger partial charge on any atom is -0.490 e. The number of amides is 1. The number of H-pyrrole nitrogens is 1. The van der Waals surface area contributed by atoms with Crippen LogP contribution in [0.4, 0.5) is 9.18 Å². The first kappa shape index (κ1) is 24.1. The van der Waals surface area contributed by atoms with Crippen molar-refractivity contribution >= 4 is 29.8 Å². The molecular weight excluding hydrogens is 495 g/mol. The normalized spacial score (nSPS) is 21.3. The molecule has 0 spiro atoms. The van der Waals surface area contributed by atoms with Crippen molar-refractivity contribution in [2.75, 3.05) is 19.8 Å². The van der Waals surface area contributed by atoms with Crippen LogP contribution in [0.3, 0.4) is 0 Å². The molecule has 0 radical (unpaired) electrons. The second-order valence-corrected chi connectivity index (χ2v) is 10.2. The molecule has 2 aliphatic heterocycles. The largest absolute Gasteiger partial charge is 0.490 e. The number of hydrogen-bond donors (Lipinski definition) is 1. The minimum absolute atomic E-state index is 0.0473. The van der Waals surface area contributed by atoms with Crippen molar-refractivity contribution in [3.8, 4) is 11.5 Å². The van der Waals surface area contributed by atoms with Gasteiger partial charge < -0.3 is 19.2 Å². The molecule has 1 aliphatic carbocycles. The van der Waals surface area contributed by atoms with E-state index in [0.717, 1.165) is 46.8 Å². The van der Waals surface area contributed by atoms with Gasteiger partial charge in [-0.3, -0.25) is 4.90 Å². The van der Waals surface area contributed by atoms with Gasteiger partial charge in [-0.1, -0.05) is 24.3 Å². The van der Waals surface area contributed by atoms with Crippen molar-refractivity contribution in [2.45, 2.75) is 43.2 Å². The Morgan fingerprint density at radius 1 is 1.05 bits per heavy atom. The van der Waals surface area contributed by atoms with Crippen LogP contribution >= 0.6 is 11.6 Å². The van der Waals surface area contributed by atoms with Crippen molar-refractivity contribution in [2.24, 2.45) is 0 Å². The van der Waals surface area contributed by atoms with Gasteiger partial charge in [0.05, 0.1) is 18.6 Å². The summed E-state index contributed by atoms with van der Waals surface area (Å²) in [6.45, 7) is 1.91. The molecule has 1 N–H and O–H groups in total. The first-order chi connectivity index (χ1) is 18.0. The SMILES string of the molecule is O=C(Oc1ccc(F)cc1)N1CCc2c([nH]c3c2=CC(Cl)CC=3)[C@@H]1c1ccc(OC2CCOCC2)cc1. The van der Waals surface area contributed by atoms with E-state index < -0.39 is 6.09 Å². The van der Waals surface area contributed by atoms with Crippen LogP contribution < -0.4 is 20.0 Å². The van der Waals surface area contributed by atoms with Gasteiger partial charge in [0.1, 0.15) is 29.5 Å². The highest BCUT2D eigenvalue weighted by molar-refractivity contribution is 6.24. The predicted octanol–water partition coefficient (Wildman–Crippen LogP) is 4.43. The van der Waals surface area contributed by atoms with E-state index in [1.54, 1.807) is 4.90 Å². The summed E-state index contributed by atoms with van der Waals surface area (Å²) in [4.78, 5) is 18.7. The number of aromatic nitrogens is 1. The van der Waals surface area contributed by atoms with Crippen molar-refractivity contribution in [3.05, 3.63) is 81.7 Å².